The van der Waals surface area contributed by atoms with Gasteiger partial charge in [0.15, 0.2) is 52.1 Å². The second-order valence-electron chi connectivity index (χ2n) is 32.5. The maximum Gasteiger partial charge on any atom is 0.417 e. The number of alkyl carbamates (subject to hydrolysis) is 1. The molecule has 0 bridgehead atoms. The van der Waals surface area contributed by atoms with E-state index in [1.54, 1.807) is 96.4 Å². The molecule has 0 radical (unpaired) electrons. The highest BCUT2D eigenvalue weighted by Crippen LogP contribution is 2.49. The van der Waals surface area contributed by atoms with E-state index in [0.717, 1.165) is 11.1 Å². The zero-order chi connectivity index (χ0) is 77.1. The summed E-state index contributed by atoms with van der Waals surface area (Å²) >= 11 is 0. The smallest absolute Gasteiger partial charge is 0.417 e. The van der Waals surface area contributed by atoms with Crippen molar-refractivity contribution in [3.8, 4) is 34.8 Å². The summed E-state index contributed by atoms with van der Waals surface area (Å²) in [6, 6.07) is 10.8. The number of methoxy groups -OCH3 is 2. The van der Waals surface area contributed by atoms with Gasteiger partial charge in [-0.2, -0.15) is 0 Å². The zero-order valence-electron chi connectivity index (χ0n) is 65.7. The van der Waals surface area contributed by atoms with Gasteiger partial charge >= 0.3 is 18.3 Å². The number of fused-ring (bicyclic) bond motifs is 4. The molecule has 0 saturated carbocycles. The maximum absolute atomic E-state index is 15.0. The molecule has 0 saturated heterocycles. The van der Waals surface area contributed by atoms with Crippen LogP contribution in [0.5, 0.6) is 23.0 Å². The Labute approximate surface area is 617 Å². The number of anilines is 2. The molecule has 3 aromatic rings. The van der Waals surface area contributed by atoms with Crippen LogP contribution in [-0.4, -0.2) is 184 Å². The lowest BCUT2D eigenvalue weighted by Crippen LogP contribution is -2.58. The van der Waals surface area contributed by atoms with Crippen LogP contribution < -0.4 is 39.4 Å². The van der Waals surface area contributed by atoms with Crippen molar-refractivity contribution in [3.63, 3.8) is 0 Å². The molecule has 0 spiro atoms. The summed E-state index contributed by atoms with van der Waals surface area (Å²) in [6.45, 7) is 43.7. The highest BCUT2D eigenvalue weighted by atomic mass is 28.4. The number of hydrogen-bond acceptors (Lipinski definition) is 19. The third-order valence-electron chi connectivity index (χ3n) is 18.3. The normalized spacial score (nSPS) is 17.8. The predicted octanol–water partition coefficient (Wildman–Crippen LogP) is 13.8. The monoisotopic (exact) mass is 1480 g/mol. The lowest BCUT2D eigenvalue weighted by atomic mass is 10.1. The van der Waals surface area contributed by atoms with Crippen LogP contribution in [0.4, 0.5) is 25.8 Å². The van der Waals surface area contributed by atoms with E-state index in [-0.39, 0.29) is 113 Å². The fourth-order valence-corrected chi connectivity index (χ4v) is 13.7. The largest absolute Gasteiger partial charge is 0.493 e. The fraction of sp³-hybridized carbons (Fsp3) is 0.610. The number of carbonyl (C=O) groups is 6. The third-order valence-corrected chi connectivity index (χ3v) is 27.1. The van der Waals surface area contributed by atoms with Gasteiger partial charge in [0, 0.05) is 43.1 Å². The molecule has 0 unspecified atom stereocenters. The Morgan fingerprint density at radius 3 is 1.29 bits per heavy atom. The summed E-state index contributed by atoms with van der Waals surface area (Å²) in [5.41, 5.74) is 2.02. The Kier molecular flexibility index (Phi) is 27.9. The first kappa shape index (κ1) is 83.6. The number of nitrogens with one attached hydrogen (secondary N) is 2. The average Bonchev–Trinajstić information content (AvgIpc) is 1.58. The van der Waals surface area contributed by atoms with E-state index in [1.807, 2.05) is 44.4 Å². The van der Waals surface area contributed by atoms with Gasteiger partial charge in [-0.25, -0.2) is 24.2 Å². The molecule has 25 nitrogen and oxygen atoms in total. The predicted molar refractivity (Wildman–Crippen MR) is 401 cm³/mol. The number of benzene rings is 3. The van der Waals surface area contributed by atoms with Crippen molar-refractivity contribution in [2.45, 2.75) is 228 Å². The van der Waals surface area contributed by atoms with Crippen LogP contribution >= 0.6 is 0 Å². The Bertz CT molecular complexity index is 3510. The van der Waals surface area contributed by atoms with Crippen molar-refractivity contribution in [1.82, 2.24) is 20.4 Å². The van der Waals surface area contributed by atoms with Gasteiger partial charge in [-0.3, -0.25) is 14.4 Å². The first-order valence-electron chi connectivity index (χ1n) is 35.7. The Morgan fingerprint density at radius 1 is 0.510 bits per heavy atom. The molecule has 3 aromatic carbocycles. The standard InChI is InChI=1S/C77H114N6O19Si2/c1-50-37-59-68(101-103(20,21)76(12,13)14)82(71(88)99-74(6,7)8)57-44-63(61(90-18)42-55(57)66(85)80(59)46-50)96-48-53-39-52(25-24-27-78-65(84)26-29-92-31-33-94-35-36-95-34-32-93-30-28-79-70(87)98-73(3,4)5)40-54(41-53)49-97-64-45-58-56(43-62(64)91-19)67(86)81-47-51(2)38-60(81)69(102-104(22,23)77(15,16)17)83(58)72(89)100-75(9,10)11/h39-47,59-60,68-69H,26-38,48-49H2,1-23H3,(H,78,84)(H,79,87)/t59-,60-,68-,69-/m0/s1. The summed E-state index contributed by atoms with van der Waals surface area (Å²) in [5, 5.41) is 4.92. The summed E-state index contributed by atoms with van der Waals surface area (Å²) in [7, 11) is -2.43. The number of ether oxygens (including phenoxy) is 11. The van der Waals surface area contributed by atoms with Gasteiger partial charge < -0.3 is 81.4 Å². The topological polar surface area (TPSA) is 259 Å². The van der Waals surface area contributed by atoms with Gasteiger partial charge in [-0.15, -0.1) is 0 Å². The molecule has 6 amide bonds. The minimum Gasteiger partial charge on any atom is -0.493 e. The van der Waals surface area contributed by atoms with E-state index in [4.69, 9.17) is 61.0 Å². The second kappa shape index (κ2) is 34.7. The van der Waals surface area contributed by atoms with Crippen LogP contribution in [-0.2, 0) is 60.0 Å². The third kappa shape index (κ3) is 22.7. The molecule has 574 valence electrons. The van der Waals surface area contributed by atoms with Crippen LogP contribution in [0.1, 0.15) is 174 Å². The van der Waals surface area contributed by atoms with Crippen LogP contribution in [0.2, 0.25) is 36.3 Å². The lowest BCUT2D eigenvalue weighted by molar-refractivity contribution is -0.122. The SMILES string of the molecule is COc1cc2c(cc1OCc1cc(C#CCNC(=O)CCOCCOCCOCCOCCNC(=O)OC(C)(C)C)cc(COc3cc4c(cc3OC)C(=O)N3C=C(C)C[C@H]3[C@H](O[Si](C)(C)C(C)(C)C)N4C(=O)OC(C)(C)C)c1)N(C(=O)OC(C)(C)C)[C@@H](O[Si](C)(C)C(C)(C)C)[C@@H]1CC(C)=CN1C2=O. The highest BCUT2D eigenvalue weighted by molar-refractivity contribution is 6.74. The van der Waals surface area contributed by atoms with E-state index in [0.29, 0.717) is 75.7 Å². The van der Waals surface area contributed by atoms with Gasteiger partial charge in [-0.05, 0) is 167 Å². The van der Waals surface area contributed by atoms with Gasteiger partial charge in [0.05, 0.1) is 108 Å². The molecule has 4 aliphatic rings. The Hall–Kier alpha value is -7.69. The summed E-state index contributed by atoms with van der Waals surface area (Å²) in [5.74, 6) is 6.15. The van der Waals surface area contributed by atoms with Gasteiger partial charge in [0.1, 0.15) is 30.0 Å². The van der Waals surface area contributed by atoms with Crippen molar-refractivity contribution in [1.29, 1.82) is 0 Å². The minimum absolute atomic E-state index is 0.00244. The summed E-state index contributed by atoms with van der Waals surface area (Å²) in [6.07, 6.45) is 0.791. The van der Waals surface area contributed by atoms with Crippen LogP contribution in [0.15, 0.2) is 66.0 Å². The van der Waals surface area contributed by atoms with Crippen LogP contribution in [0.3, 0.4) is 0 Å². The van der Waals surface area contributed by atoms with Crippen molar-refractivity contribution in [2.75, 3.05) is 90.0 Å². The number of rotatable bonds is 28. The number of amides is 6. The van der Waals surface area contributed by atoms with Gasteiger partial charge in [0.25, 0.3) is 11.8 Å². The van der Waals surface area contributed by atoms with E-state index in [1.165, 1.54) is 24.0 Å². The number of hydrogen-bond donors (Lipinski definition) is 2. The van der Waals surface area contributed by atoms with Gasteiger partial charge in [0.2, 0.25) is 5.91 Å². The molecule has 0 aliphatic carbocycles. The first-order valence-corrected chi connectivity index (χ1v) is 41.5. The molecule has 4 atom stereocenters. The molecule has 7 rings (SSSR count). The molecule has 104 heavy (non-hydrogen) atoms. The van der Waals surface area contributed by atoms with Crippen molar-refractivity contribution < 1.29 is 89.7 Å². The van der Waals surface area contributed by atoms with E-state index in [2.05, 4.69) is 90.2 Å². The van der Waals surface area contributed by atoms with E-state index in [9.17, 15) is 28.8 Å². The average molecular weight is 1480 g/mol. The van der Waals surface area contributed by atoms with Gasteiger partial charge in [-0.1, -0.05) is 64.5 Å². The quantitative estimate of drug-likeness (QED) is 0.0296. The Balaban J connectivity index is 1.16. The zero-order valence-corrected chi connectivity index (χ0v) is 67.7. The molecule has 0 fully saturated rings. The van der Waals surface area contributed by atoms with E-state index < -0.39 is 76.3 Å². The molecule has 4 heterocycles. The maximum atomic E-state index is 15.0. The van der Waals surface area contributed by atoms with Crippen LogP contribution in [0.25, 0.3) is 0 Å². The highest BCUT2D eigenvalue weighted by Gasteiger charge is 2.53. The summed E-state index contributed by atoms with van der Waals surface area (Å²) in [4.78, 5) is 90.9. The first-order chi connectivity index (χ1) is 48.4. The second-order valence-corrected chi connectivity index (χ2v) is 42.0. The number of nitrogens with zero attached hydrogens (tertiary/aromatic N) is 4. The molecule has 27 heteroatoms. The number of carbonyl (C=O) groups excluding carboxylic acids is 6. The molecular formula is C77H114N6O19Si2. The van der Waals surface area contributed by atoms with Crippen molar-refractivity contribution in [2.24, 2.45) is 0 Å². The van der Waals surface area contributed by atoms with Crippen molar-refractivity contribution >= 4 is 64.0 Å². The van der Waals surface area contributed by atoms with Crippen molar-refractivity contribution in [3.05, 3.63) is 93.8 Å². The fourth-order valence-electron chi connectivity index (χ4n) is 11.2. The molecule has 4 aliphatic heterocycles. The Morgan fingerprint density at radius 2 is 0.904 bits per heavy atom. The van der Waals surface area contributed by atoms with E-state index >= 15 is 0 Å². The lowest BCUT2D eigenvalue weighted by Gasteiger charge is -2.44. The molecule has 0 aromatic heterocycles. The minimum atomic E-state index is -2.69. The summed E-state index contributed by atoms with van der Waals surface area (Å²) < 4.78 is 79.8. The molecule has 2 N–H and O–H groups in total. The van der Waals surface area contributed by atoms with Crippen LogP contribution in [0, 0.1) is 11.8 Å². The molecular weight excluding hydrogens is 1370 g/mol.